The summed E-state index contributed by atoms with van der Waals surface area (Å²) in [4.78, 5) is 16.4. The Morgan fingerprint density at radius 3 is 2.52 bits per heavy atom. The number of aromatic nitrogens is 1. The molecule has 0 radical (unpaired) electrons. The van der Waals surface area contributed by atoms with Gasteiger partial charge in [0.1, 0.15) is 11.3 Å². The fourth-order valence-corrected chi connectivity index (χ4v) is 4.30. The van der Waals surface area contributed by atoms with E-state index in [-0.39, 0.29) is 18.2 Å². The van der Waals surface area contributed by atoms with Gasteiger partial charge in [-0.05, 0) is 48.4 Å². The van der Waals surface area contributed by atoms with Gasteiger partial charge < -0.3 is 13.9 Å². The minimum absolute atomic E-state index is 0.0682. The standard InChI is InChI=1S/C24H20F3NO4S/c1-13(2)22-20(32-23(28-22)14-3-5-16(6-4-14)24(25,26)27)12-33-17-7-8-18-15(9-21(29)30)11-31-19(18)10-17/h3-8,10-11,13H,9,12H2,1-2H3,(H,29,30). The molecule has 172 valence electrons. The number of thioether (sulfide) groups is 1. The zero-order chi connectivity index (χ0) is 23.8. The van der Waals surface area contributed by atoms with Gasteiger partial charge in [-0.15, -0.1) is 11.8 Å². The summed E-state index contributed by atoms with van der Waals surface area (Å²) in [7, 11) is 0. The van der Waals surface area contributed by atoms with Crippen molar-refractivity contribution in [2.24, 2.45) is 0 Å². The maximum absolute atomic E-state index is 12.8. The van der Waals surface area contributed by atoms with Gasteiger partial charge in [0, 0.05) is 21.4 Å². The molecule has 0 spiro atoms. The van der Waals surface area contributed by atoms with Gasteiger partial charge in [-0.25, -0.2) is 4.98 Å². The van der Waals surface area contributed by atoms with Crippen LogP contribution in [0.25, 0.3) is 22.4 Å². The zero-order valence-corrected chi connectivity index (χ0v) is 18.6. The van der Waals surface area contributed by atoms with Gasteiger partial charge in [0.2, 0.25) is 5.89 Å². The molecule has 0 bridgehead atoms. The van der Waals surface area contributed by atoms with Crippen LogP contribution in [0.15, 0.2) is 62.5 Å². The van der Waals surface area contributed by atoms with Crippen LogP contribution in [0.3, 0.4) is 0 Å². The first kappa shape index (κ1) is 23.0. The molecule has 0 aliphatic heterocycles. The maximum atomic E-state index is 12.8. The highest BCUT2D eigenvalue weighted by atomic mass is 32.2. The lowest BCUT2D eigenvalue weighted by atomic mass is 10.1. The fourth-order valence-electron chi connectivity index (χ4n) is 3.45. The van der Waals surface area contributed by atoms with Gasteiger partial charge in [0.25, 0.3) is 0 Å². The molecule has 0 unspecified atom stereocenters. The smallest absolute Gasteiger partial charge is 0.416 e. The molecule has 0 fully saturated rings. The number of alkyl halides is 3. The number of oxazole rings is 1. The van der Waals surface area contributed by atoms with Crippen LogP contribution in [0.2, 0.25) is 0 Å². The second-order valence-corrected chi connectivity index (χ2v) is 8.88. The normalized spacial score (nSPS) is 12.1. The Morgan fingerprint density at radius 1 is 1.15 bits per heavy atom. The van der Waals surface area contributed by atoms with Crippen LogP contribution in [0.4, 0.5) is 13.2 Å². The van der Waals surface area contributed by atoms with E-state index in [9.17, 15) is 18.0 Å². The van der Waals surface area contributed by atoms with Crippen LogP contribution in [0, 0.1) is 0 Å². The summed E-state index contributed by atoms with van der Waals surface area (Å²) in [6.45, 7) is 3.95. The number of carboxylic acids is 1. The molecule has 4 rings (SSSR count). The van der Waals surface area contributed by atoms with E-state index in [1.54, 1.807) is 0 Å². The van der Waals surface area contributed by atoms with E-state index >= 15 is 0 Å². The van der Waals surface area contributed by atoms with E-state index in [1.165, 1.54) is 30.2 Å². The summed E-state index contributed by atoms with van der Waals surface area (Å²) >= 11 is 1.50. The van der Waals surface area contributed by atoms with Crippen LogP contribution in [0.1, 0.15) is 42.3 Å². The first-order chi connectivity index (χ1) is 15.6. The Hall–Kier alpha value is -3.20. The van der Waals surface area contributed by atoms with E-state index in [2.05, 4.69) is 4.98 Å². The number of benzene rings is 2. The minimum Gasteiger partial charge on any atom is -0.481 e. The monoisotopic (exact) mass is 475 g/mol. The van der Waals surface area contributed by atoms with Crippen LogP contribution in [-0.4, -0.2) is 16.1 Å². The molecule has 9 heteroatoms. The largest absolute Gasteiger partial charge is 0.481 e. The van der Waals surface area contributed by atoms with E-state index in [0.29, 0.717) is 28.2 Å². The molecule has 33 heavy (non-hydrogen) atoms. The number of nitrogens with zero attached hydrogens (tertiary/aromatic N) is 1. The minimum atomic E-state index is -4.40. The first-order valence-electron chi connectivity index (χ1n) is 10.1. The highest BCUT2D eigenvalue weighted by molar-refractivity contribution is 7.98. The Labute approximate surface area is 191 Å². The van der Waals surface area contributed by atoms with Crippen molar-refractivity contribution < 1.29 is 31.9 Å². The molecule has 0 amide bonds. The number of hydrogen-bond acceptors (Lipinski definition) is 5. The molecular formula is C24H20F3NO4S. The van der Waals surface area contributed by atoms with Gasteiger partial charge in [-0.2, -0.15) is 13.2 Å². The fraction of sp³-hybridized carbons (Fsp3) is 0.250. The number of fused-ring (bicyclic) bond motifs is 1. The molecule has 0 aliphatic carbocycles. The molecule has 2 heterocycles. The summed E-state index contributed by atoms with van der Waals surface area (Å²) in [5.74, 6) is 0.541. The first-order valence-corrected chi connectivity index (χ1v) is 11.1. The summed E-state index contributed by atoms with van der Waals surface area (Å²) in [6.07, 6.45) is -3.05. The van der Waals surface area contributed by atoms with E-state index in [4.69, 9.17) is 13.9 Å². The lowest BCUT2D eigenvalue weighted by Crippen LogP contribution is -2.03. The SMILES string of the molecule is CC(C)c1nc(-c2ccc(C(F)(F)F)cc2)oc1CSc1ccc2c(CC(=O)O)coc2c1. The summed E-state index contributed by atoms with van der Waals surface area (Å²) in [6, 6.07) is 10.3. The quantitative estimate of drug-likeness (QED) is 0.286. The summed E-state index contributed by atoms with van der Waals surface area (Å²) in [5.41, 5.74) is 1.72. The van der Waals surface area contributed by atoms with E-state index < -0.39 is 17.7 Å². The highest BCUT2D eigenvalue weighted by Gasteiger charge is 2.30. The Morgan fingerprint density at radius 2 is 1.88 bits per heavy atom. The van der Waals surface area contributed by atoms with Crippen LogP contribution in [0.5, 0.6) is 0 Å². The number of carbonyl (C=O) groups is 1. The predicted octanol–water partition coefficient (Wildman–Crippen LogP) is 7.15. The molecule has 2 aromatic carbocycles. The van der Waals surface area contributed by atoms with Gasteiger partial charge in [0.15, 0.2) is 0 Å². The lowest BCUT2D eigenvalue weighted by molar-refractivity contribution is -0.138. The predicted molar refractivity (Wildman–Crippen MR) is 118 cm³/mol. The van der Waals surface area contributed by atoms with Crippen molar-refractivity contribution in [1.29, 1.82) is 0 Å². The molecule has 0 atom stereocenters. The van der Waals surface area contributed by atoms with Crippen molar-refractivity contribution in [3.05, 3.63) is 71.3 Å². The zero-order valence-electron chi connectivity index (χ0n) is 17.8. The van der Waals surface area contributed by atoms with E-state index in [0.717, 1.165) is 28.1 Å². The third kappa shape index (κ3) is 5.08. The molecule has 2 aromatic heterocycles. The number of hydrogen-bond donors (Lipinski definition) is 1. The number of furan rings is 1. The lowest BCUT2D eigenvalue weighted by Gasteiger charge is -2.06. The van der Waals surface area contributed by atoms with Crippen LogP contribution in [-0.2, 0) is 23.1 Å². The van der Waals surface area contributed by atoms with Crippen LogP contribution >= 0.6 is 11.8 Å². The topological polar surface area (TPSA) is 76.5 Å². The number of halogens is 3. The summed E-state index contributed by atoms with van der Waals surface area (Å²) in [5, 5.41) is 9.76. The van der Waals surface area contributed by atoms with E-state index in [1.807, 2.05) is 32.0 Å². The average Bonchev–Trinajstić information content (AvgIpc) is 3.36. The average molecular weight is 475 g/mol. The molecule has 4 aromatic rings. The second-order valence-electron chi connectivity index (χ2n) is 7.84. The van der Waals surface area contributed by atoms with Gasteiger partial charge in [-0.3, -0.25) is 4.79 Å². The molecule has 0 saturated carbocycles. The second kappa shape index (κ2) is 8.97. The molecule has 0 saturated heterocycles. The molecule has 0 aliphatic rings. The summed E-state index contributed by atoms with van der Waals surface area (Å²) < 4.78 is 50.0. The number of rotatable bonds is 7. The third-order valence-electron chi connectivity index (χ3n) is 5.07. The van der Waals surface area contributed by atoms with Crippen molar-refractivity contribution in [2.45, 2.75) is 43.0 Å². The molecular weight excluding hydrogens is 455 g/mol. The van der Waals surface area contributed by atoms with Crippen LogP contribution < -0.4 is 0 Å². The van der Waals surface area contributed by atoms with Crippen molar-refractivity contribution in [3.8, 4) is 11.5 Å². The number of aliphatic carboxylic acids is 1. The molecule has 1 N–H and O–H groups in total. The van der Waals surface area contributed by atoms with Gasteiger partial charge in [0.05, 0.1) is 29.7 Å². The van der Waals surface area contributed by atoms with Gasteiger partial charge in [-0.1, -0.05) is 13.8 Å². The highest BCUT2D eigenvalue weighted by Crippen LogP contribution is 2.35. The van der Waals surface area contributed by atoms with Gasteiger partial charge >= 0.3 is 12.1 Å². The Kier molecular flexibility index (Phi) is 6.25. The third-order valence-corrected chi connectivity index (χ3v) is 6.07. The van der Waals surface area contributed by atoms with Crippen molar-refractivity contribution >= 4 is 28.7 Å². The van der Waals surface area contributed by atoms with Crippen molar-refractivity contribution in [3.63, 3.8) is 0 Å². The van der Waals surface area contributed by atoms with Crippen molar-refractivity contribution in [1.82, 2.24) is 4.98 Å². The maximum Gasteiger partial charge on any atom is 0.416 e. The molecule has 5 nitrogen and oxygen atoms in total. The van der Waals surface area contributed by atoms with Crippen molar-refractivity contribution in [2.75, 3.05) is 0 Å². The Balaban J connectivity index is 1.54. The number of carboxylic acid groups (broad SMARTS) is 1. The Bertz CT molecular complexity index is 1290.